The van der Waals surface area contributed by atoms with Gasteiger partial charge in [-0.15, -0.1) is 0 Å². The van der Waals surface area contributed by atoms with Crippen LogP contribution in [0.3, 0.4) is 0 Å². The zero-order valence-electron chi connectivity index (χ0n) is 11.2. The van der Waals surface area contributed by atoms with E-state index in [0.717, 1.165) is 18.5 Å². The number of benzene rings is 1. The van der Waals surface area contributed by atoms with Crippen molar-refractivity contribution >= 4 is 17.3 Å². The van der Waals surface area contributed by atoms with Crippen LogP contribution in [0.1, 0.15) is 55.3 Å². The Morgan fingerprint density at radius 3 is 2.42 bits per heavy atom. The molecule has 0 aromatic heterocycles. The van der Waals surface area contributed by atoms with Crippen molar-refractivity contribution in [3.8, 4) is 0 Å². The van der Waals surface area contributed by atoms with E-state index in [0.29, 0.717) is 11.7 Å². The summed E-state index contributed by atoms with van der Waals surface area (Å²) in [6.07, 6.45) is 8.66. The maximum Gasteiger partial charge on any atom is 0.337 e. The molecule has 1 aliphatic carbocycles. The van der Waals surface area contributed by atoms with Crippen molar-refractivity contribution in [2.24, 2.45) is 0 Å². The summed E-state index contributed by atoms with van der Waals surface area (Å²) in [6, 6.07) is 5.55. The Hall–Kier alpha value is -1.71. The van der Waals surface area contributed by atoms with Crippen LogP contribution < -0.4 is 11.1 Å². The monoisotopic (exact) mass is 262 g/mol. The second kappa shape index (κ2) is 6.45. The first-order valence-electron chi connectivity index (χ1n) is 7.07. The number of nitrogens with two attached hydrogens (primary N) is 1. The second-order valence-electron chi connectivity index (χ2n) is 5.26. The summed E-state index contributed by atoms with van der Waals surface area (Å²) in [4.78, 5) is 11.1. The molecule has 0 saturated heterocycles. The maximum atomic E-state index is 11.1. The van der Waals surface area contributed by atoms with Gasteiger partial charge in [-0.2, -0.15) is 0 Å². The lowest BCUT2D eigenvalue weighted by Gasteiger charge is -2.23. The summed E-state index contributed by atoms with van der Waals surface area (Å²) < 4.78 is 0. The van der Waals surface area contributed by atoms with Crippen molar-refractivity contribution < 1.29 is 9.90 Å². The number of hydrogen-bond acceptors (Lipinski definition) is 3. The van der Waals surface area contributed by atoms with Crippen molar-refractivity contribution in [2.75, 3.05) is 11.1 Å². The van der Waals surface area contributed by atoms with E-state index in [1.807, 2.05) is 6.07 Å². The van der Waals surface area contributed by atoms with Gasteiger partial charge >= 0.3 is 5.97 Å². The average Bonchev–Trinajstić information content (AvgIpc) is 2.34. The third kappa shape index (κ3) is 3.63. The molecular formula is C15H22N2O2. The summed E-state index contributed by atoms with van der Waals surface area (Å²) in [5.74, 6) is -0.973. The Bertz CT molecular complexity index is 438. The zero-order chi connectivity index (χ0) is 13.7. The number of nitrogens with one attached hydrogen (secondary N) is 1. The van der Waals surface area contributed by atoms with Crippen LogP contribution in [-0.4, -0.2) is 17.1 Å². The Labute approximate surface area is 114 Å². The minimum Gasteiger partial charge on any atom is -0.478 e. The molecular weight excluding hydrogens is 240 g/mol. The Morgan fingerprint density at radius 2 is 1.79 bits per heavy atom. The molecule has 104 valence electrons. The molecule has 1 aromatic rings. The highest BCUT2D eigenvalue weighted by Crippen LogP contribution is 2.26. The van der Waals surface area contributed by atoms with E-state index in [4.69, 9.17) is 10.8 Å². The van der Waals surface area contributed by atoms with Gasteiger partial charge in [0.1, 0.15) is 0 Å². The predicted octanol–water partition coefficient (Wildman–Crippen LogP) is 3.49. The van der Waals surface area contributed by atoms with Gasteiger partial charge < -0.3 is 16.2 Å². The number of anilines is 2. The van der Waals surface area contributed by atoms with Crippen molar-refractivity contribution in [1.29, 1.82) is 0 Å². The molecule has 1 saturated carbocycles. The number of carbonyl (C=O) groups is 1. The minimum atomic E-state index is -0.973. The van der Waals surface area contributed by atoms with Crippen LogP contribution in [0.15, 0.2) is 18.2 Å². The Kier molecular flexibility index (Phi) is 4.66. The molecule has 0 atom stereocenters. The average molecular weight is 262 g/mol. The number of nitrogen functional groups attached to an aromatic ring is 1. The molecule has 0 aliphatic heterocycles. The van der Waals surface area contributed by atoms with Gasteiger partial charge in [-0.3, -0.25) is 0 Å². The number of para-hydroxylation sites is 1. The normalized spacial score (nSPS) is 17.5. The highest BCUT2D eigenvalue weighted by molar-refractivity contribution is 5.97. The standard InChI is InChI=1S/C15H22N2O2/c16-14-12(15(18)19)9-6-10-13(14)17-11-7-4-2-1-3-5-8-11/h6,9-11,17H,1-5,7-8,16H2,(H,18,19). The third-order valence-corrected chi connectivity index (χ3v) is 3.80. The van der Waals surface area contributed by atoms with E-state index in [1.165, 1.54) is 32.1 Å². The SMILES string of the molecule is Nc1c(NC2CCCCCCC2)cccc1C(=O)O. The molecule has 1 aromatic carbocycles. The molecule has 0 spiro atoms. The molecule has 0 heterocycles. The Morgan fingerprint density at radius 1 is 1.16 bits per heavy atom. The molecule has 0 radical (unpaired) electrons. The molecule has 4 N–H and O–H groups in total. The van der Waals surface area contributed by atoms with Crippen LogP contribution in [0, 0.1) is 0 Å². The van der Waals surface area contributed by atoms with Gasteiger partial charge in [0.2, 0.25) is 0 Å². The molecule has 0 unspecified atom stereocenters. The molecule has 1 aliphatic rings. The summed E-state index contributed by atoms with van der Waals surface area (Å²) in [6.45, 7) is 0. The highest BCUT2D eigenvalue weighted by Gasteiger charge is 2.15. The van der Waals surface area contributed by atoms with Crippen LogP contribution >= 0.6 is 0 Å². The first kappa shape index (κ1) is 13.7. The van der Waals surface area contributed by atoms with E-state index in [1.54, 1.807) is 12.1 Å². The summed E-state index contributed by atoms with van der Waals surface area (Å²) >= 11 is 0. The fourth-order valence-electron chi connectivity index (χ4n) is 2.70. The maximum absolute atomic E-state index is 11.1. The molecule has 4 nitrogen and oxygen atoms in total. The summed E-state index contributed by atoms with van der Waals surface area (Å²) in [5, 5.41) is 12.5. The molecule has 2 rings (SSSR count). The lowest BCUT2D eigenvalue weighted by molar-refractivity contribution is 0.0698. The number of carboxylic acids is 1. The number of carboxylic acid groups (broad SMARTS) is 1. The Balaban J connectivity index is 2.09. The first-order valence-corrected chi connectivity index (χ1v) is 7.07. The van der Waals surface area contributed by atoms with E-state index >= 15 is 0 Å². The molecule has 1 fully saturated rings. The zero-order valence-corrected chi connectivity index (χ0v) is 11.2. The van der Waals surface area contributed by atoms with Crippen molar-refractivity contribution in [1.82, 2.24) is 0 Å². The number of rotatable bonds is 3. The topological polar surface area (TPSA) is 75.3 Å². The van der Waals surface area contributed by atoms with Crippen LogP contribution in [0.25, 0.3) is 0 Å². The molecule has 0 amide bonds. The third-order valence-electron chi connectivity index (χ3n) is 3.80. The van der Waals surface area contributed by atoms with Gasteiger partial charge in [0.25, 0.3) is 0 Å². The van der Waals surface area contributed by atoms with Gasteiger partial charge in [0.15, 0.2) is 0 Å². The fourth-order valence-corrected chi connectivity index (χ4v) is 2.70. The van der Waals surface area contributed by atoms with Crippen molar-refractivity contribution in [3.05, 3.63) is 23.8 Å². The summed E-state index contributed by atoms with van der Waals surface area (Å²) in [7, 11) is 0. The molecule has 19 heavy (non-hydrogen) atoms. The van der Waals surface area contributed by atoms with E-state index in [9.17, 15) is 4.79 Å². The number of aromatic carboxylic acids is 1. The molecule has 4 heteroatoms. The highest BCUT2D eigenvalue weighted by atomic mass is 16.4. The van der Waals surface area contributed by atoms with Crippen LogP contribution in [0.5, 0.6) is 0 Å². The van der Waals surface area contributed by atoms with Gasteiger partial charge in [0.05, 0.1) is 16.9 Å². The second-order valence-corrected chi connectivity index (χ2v) is 5.26. The van der Waals surface area contributed by atoms with Gasteiger partial charge in [-0.05, 0) is 25.0 Å². The smallest absolute Gasteiger partial charge is 0.337 e. The summed E-state index contributed by atoms with van der Waals surface area (Å²) in [5.41, 5.74) is 7.20. The van der Waals surface area contributed by atoms with Crippen molar-refractivity contribution in [2.45, 2.75) is 51.0 Å². The fraction of sp³-hybridized carbons (Fsp3) is 0.533. The lowest BCUT2D eigenvalue weighted by atomic mass is 9.96. The largest absolute Gasteiger partial charge is 0.478 e. The quantitative estimate of drug-likeness (QED) is 0.729. The van der Waals surface area contributed by atoms with E-state index in [2.05, 4.69) is 5.32 Å². The van der Waals surface area contributed by atoms with Crippen molar-refractivity contribution in [3.63, 3.8) is 0 Å². The van der Waals surface area contributed by atoms with Crippen LogP contribution in [-0.2, 0) is 0 Å². The van der Waals surface area contributed by atoms with Crippen LogP contribution in [0.4, 0.5) is 11.4 Å². The minimum absolute atomic E-state index is 0.177. The van der Waals surface area contributed by atoms with Gasteiger partial charge in [-0.25, -0.2) is 4.79 Å². The van der Waals surface area contributed by atoms with Crippen LogP contribution in [0.2, 0.25) is 0 Å². The van der Waals surface area contributed by atoms with Gasteiger partial charge in [0, 0.05) is 6.04 Å². The lowest BCUT2D eigenvalue weighted by Crippen LogP contribution is -2.21. The predicted molar refractivity (Wildman–Crippen MR) is 77.5 cm³/mol. The number of hydrogen-bond donors (Lipinski definition) is 3. The van der Waals surface area contributed by atoms with E-state index in [-0.39, 0.29) is 5.56 Å². The van der Waals surface area contributed by atoms with E-state index < -0.39 is 5.97 Å². The first-order chi connectivity index (χ1) is 9.18. The molecule has 0 bridgehead atoms. The van der Waals surface area contributed by atoms with Gasteiger partial charge in [-0.1, -0.05) is 38.2 Å².